The summed E-state index contributed by atoms with van der Waals surface area (Å²) in [7, 11) is 0. The third kappa shape index (κ3) is 2.02. The lowest BCUT2D eigenvalue weighted by Gasteiger charge is -2.62. The van der Waals surface area contributed by atoms with Gasteiger partial charge in [0.15, 0.2) is 11.6 Å². The zero-order valence-corrected chi connectivity index (χ0v) is 15.4. The van der Waals surface area contributed by atoms with E-state index in [0.29, 0.717) is 37.7 Å². The number of aliphatic hydroxyl groups is 2. The van der Waals surface area contributed by atoms with Crippen LogP contribution in [0.2, 0.25) is 0 Å². The molecule has 0 aromatic heterocycles. The maximum atomic E-state index is 16.7. The molecular weight excluding hydrogens is 335 g/mol. The lowest BCUT2D eigenvalue weighted by molar-refractivity contribution is -0.200. The van der Waals surface area contributed by atoms with Gasteiger partial charge in [-0.3, -0.25) is 9.59 Å². The Morgan fingerprint density at radius 2 is 2.04 bits per heavy atom. The molecule has 0 saturated heterocycles. The van der Waals surface area contributed by atoms with Crippen molar-refractivity contribution in [2.24, 2.45) is 22.7 Å². The lowest BCUT2D eigenvalue weighted by atomic mass is 9.44. The maximum Gasteiger partial charge on any atom is 0.184 e. The number of ketones is 2. The summed E-state index contributed by atoms with van der Waals surface area (Å²) < 4.78 is 16.7. The van der Waals surface area contributed by atoms with Crippen LogP contribution in [-0.2, 0) is 9.59 Å². The molecule has 0 amide bonds. The van der Waals surface area contributed by atoms with Crippen LogP contribution in [0.5, 0.6) is 0 Å². The molecule has 6 unspecified atom stereocenters. The van der Waals surface area contributed by atoms with Crippen LogP contribution < -0.4 is 0 Å². The molecule has 5 heteroatoms. The summed E-state index contributed by atoms with van der Waals surface area (Å²) in [4.78, 5) is 24.1. The Labute approximate surface area is 153 Å². The Kier molecular flexibility index (Phi) is 3.88. The van der Waals surface area contributed by atoms with E-state index in [1.807, 2.05) is 19.9 Å². The number of hydrogen-bond acceptors (Lipinski definition) is 4. The van der Waals surface area contributed by atoms with Gasteiger partial charge in [-0.05, 0) is 49.7 Å². The van der Waals surface area contributed by atoms with E-state index in [-0.39, 0.29) is 29.8 Å². The molecule has 0 aromatic rings. The predicted molar refractivity (Wildman–Crippen MR) is 94.0 cm³/mol. The van der Waals surface area contributed by atoms with Crippen molar-refractivity contribution in [1.82, 2.24) is 0 Å². The first-order chi connectivity index (χ1) is 12.2. The van der Waals surface area contributed by atoms with Crippen LogP contribution in [0.3, 0.4) is 0 Å². The highest BCUT2D eigenvalue weighted by molar-refractivity contribution is 5.98. The smallest absolute Gasteiger partial charge is 0.184 e. The van der Waals surface area contributed by atoms with Crippen LogP contribution in [0.1, 0.15) is 52.4 Å². The van der Waals surface area contributed by atoms with Crippen molar-refractivity contribution in [1.29, 1.82) is 0 Å². The molecule has 26 heavy (non-hydrogen) atoms. The summed E-state index contributed by atoms with van der Waals surface area (Å²) in [6.45, 7) is 3.25. The highest BCUT2D eigenvalue weighted by Gasteiger charge is 2.70. The minimum Gasteiger partial charge on any atom is -0.390 e. The number of carbonyl (C=O) groups is 2. The Balaban J connectivity index is 1.77. The van der Waals surface area contributed by atoms with Crippen molar-refractivity contribution in [3.63, 3.8) is 0 Å². The zero-order valence-electron chi connectivity index (χ0n) is 15.4. The maximum absolute atomic E-state index is 16.7. The van der Waals surface area contributed by atoms with E-state index in [9.17, 15) is 19.8 Å². The van der Waals surface area contributed by atoms with Crippen LogP contribution in [-0.4, -0.2) is 40.2 Å². The average Bonchev–Trinajstić information content (AvgIpc) is 2.93. The Morgan fingerprint density at radius 3 is 2.73 bits per heavy atom. The summed E-state index contributed by atoms with van der Waals surface area (Å²) in [5.74, 6) is -0.684. The van der Waals surface area contributed by atoms with E-state index in [1.54, 1.807) is 6.08 Å². The van der Waals surface area contributed by atoms with Crippen LogP contribution in [0.4, 0.5) is 4.39 Å². The third-order valence-corrected chi connectivity index (χ3v) is 8.07. The summed E-state index contributed by atoms with van der Waals surface area (Å²) in [5.41, 5.74) is -1.81. The fourth-order valence-electron chi connectivity index (χ4n) is 6.66. The summed E-state index contributed by atoms with van der Waals surface area (Å²) in [6, 6.07) is 0. The van der Waals surface area contributed by atoms with E-state index in [4.69, 9.17) is 0 Å². The molecule has 6 atom stereocenters. The standard InChI is InChI=1S/C21H27FO4/c1-19-10-18(26)21(22)15(14(19)5-6-16(19)17(25)11-23)4-3-12-9-13(24)7-8-20(12,21)2/h6,9,14-15,18,23,26H,3-5,7-8,10-11H2,1-2H3. The number of hydrogen-bond donors (Lipinski definition) is 2. The molecule has 0 spiro atoms. The van der Waals surface area contributed by atoms with Gasteiger partial charge in [-0.25, -0.2) is 4.39 Å². The molecule has 0 heterocycles. The van der Waals surface area contributed by atoms with Crippen LogP contribution in [0.15, 0.2) is 23.3 Å². The van der Waals surface area contributed by atoms with E-state index in [1.165, 1.54) is 0 Å². The van der Waals surface area contributed by atoms with Crippen molar-refractivity contribution in [3.8, 4) is 0 Å². The molecule has 0 radical (unpaired) electrons. The van der Waals surface area contributed by atoms with Crippen LogP contribution >= 0.6 is 0 Å². The second-order valence-electron chi connectivity index (χ2n) is 9.06. The van der Waals surface area contributed by atoms with Crippen molar-refractivity contribution in [2.75, 3.05) is 6.61 Å². The molecule has 2 saturated carbocycles. The molecular formula is C21H27FO4. The fourth-order valence-corrected chi connectivity index (χ4v) is 6.66. The molecule has 2 N–H and O–H groups in total. The number of Topliss-reactive ketones (excluding diaryl/α,β-unsaturated/α-hetero) is 1. The number of halogens is 1. The van der Waals surface area contributed by atoms with E-state index >= 15 is 4.39 Å². The molecule has 4 aliphatic carbocycles. The first-order valence-corrected chi connectivity index (χ1v) is 9.64. The SMILES string of the molecule is CC12CC(O)C3(F)C(CCC4=CC(=O)CCC43C)C1CC=C2C(=O)CO. The number of rotatable bonds is 2. The monoisotopic (exact) mass is 362 g/mol. The Morgan fingerprint density at radius 1 is 1.31 bits per heavy atom. The quantitative estimate of drug-likeness (QED) is 0.792. The van der Waals surface area contributed by atoms with Crippen molar-refractivity contribution >= 4 is 11.6 Å². The molecule has 4 rings (SSSR count). The zero-order chi connectivity index (χ0) is 18.9. The Hall–Kier alpha value is -1.33. The van der Waals surface area contributed by atoms with Gasteiger partial charge in [0.05, 0.1) is 6.10 Å². The second kappa shape index (κ2) is 5.59. The van der Waals surface area contributed by atoms with Gasteiger partial charge in [-0.15, -0.1) is 0 Å². The Bertz CT molecular complexity index is 740. The van der Waals surface area contributed by atoms with E-state index in [0.717, 1.165) is 5.57 Å². The summed E-state index contributed by atoms with van der Waals surface area (Å²) >= 11 is 0. The van der Waals surface area contributed by atoms with Crippen molar-refractivity contribution < 1.29 is 24.2 Å². The van der Waals surface area contributed by atoms with Crippen molar-refractivity contribution in [2.45, 2.75) is 64.1 Å². The number of alkyl halides is 1. The van der Waals surface area contributed by atoms with Crippen LogP contribution in [0, 0.1) is 22.7 Å². The van der Waals surface area contributed by atoms with E-state index in [2.05, 4.69) is 0 Å². The minimum absolute atomic E-state index is 0.0491. The lowest BCUT2D eigenvalue weighted by Crippen LogP contribution is -2.67. The molecule has 0 aromatic carbocycles. The number of allylic oxidation sites excluding steroid dienone is 3. The average molecular weight is 362 g/mol. The molecule has 4 aliphatic rings. The highest BCUT2D eigenvalue weighted by Crippen LogP contribution is 2.68. The normalized spacial score (nSPS) is 47.4. The molecule has 4 nitrogen and oxygen atoms in total. The van der Waals surface area contributed by atoms with Gasteiger partial charge in [-0.1, -0.05) is 25.5 Å². The van der Waals surface area contributed by atoms with E-state index < -0.39 is 29.2 Å². The molecule has 2 fully saturated rings. The third-order valence-electron chi connectivity index (χ3n) is 8.07. The first kappa shape index (κ1) is 18.1. The van der Waals surface area contributed by atoms with Gasteiger partial charge in [0.1, 0.15) is 12.3 Å². The highest BCUT2D eigenvalue weighted by atomic mass is 19.1. The van der Waals surface area contributed by atoms with Gasteiger partial charge in [0.2, 0.25) is 0 Å². The van der Waals surface area contributed by atoms with Gasteiger partial charge in [-0.2, -0.15) is 0 Å². The first-order valence-electron chi connectivity index (χ1n) is 9.64. The van der Waals surface area contributed by atoms with Gasteiger partial charge in [0.25, 0.3) is 0 Å². The number of carbonyl (C=O) groups excluding carboxylic acids is 2. The number of fused-ring (bicyclic) bond motifs is 5. The number of aliphatic hydroxyl groups excluding tert-OH is 2. The van der Waals surface area contributed by atoms with Crippen molar-refractivity contribution in [3.05, 3.63) is 23.3 Å². The van der Waals surface area contributed by atoms with Crippen LogP contribution in [0.25, 0.3) is 0 Å². The fraction of sp³-hybridized carbons (Fsp3) is 0.714. The summed E-state index contributed by atoms with van der Waals surface area (Å²) in [5, 5.41) is 20.3. The van der Waals surface area contributed by atoms with Gasteiger partial charge < -0.3 is 10.2 Å². The molecule has 0 bridgehead atoms. The topological polar surface area (TPSA) is 74.6 Å². The predicted octanol–water partition coefficient (Wildman–Crippen LogP) is 2.68. The second-order valence-corrected chi connectivity index (χ2v) is 9.06. The molecule has 0 aliphatic heterocycles. The summed E-state index contributed by atoms with van der Waals surface area (Å²) in [6.07, 6.45) is 5.05. The van der Waals surface area contributed by atoms with Gasteiger partial charge >= 0.3 is 0 Å². The largest absolute Gasteiger partial charge is 0.390 e. The minimum atomic E-state index is -1.78. The van der Waals surface area contributed by atoms with Gasteiger partial charge in [0, 0.05) is 23.2 Å². The molecule has 142 valence electrons.